The van der Waals surface area contributed by atoms with Crippen molar-refractivity contribution in [2.75, 3.05) is 5.32 Å². The average Bonchev–Trinajstić information content (AvgIpc) is 2.87. The van der Waals surface area contributed by atoms with E-state index in [9.17, 15) is 14.7 Å². The fraction of sp³-hybridized carbons (Fsp3) is 0.615. The van der Waals surface area contributed by atoms with Crippen molar-refractivity contribution in [3.63, 3.8) is 0 Å². The lowest BCUT2D eigenvalue weighted by Crippen LogP contribution is -2.49. The van der Waals surface area contributed by atoms with Crippen molar-refractivity contribution in [1.29, 1.82) is 0 Å². The van der Waals surface area contributed by atoms with Crippen molar-refractivity contribution in [3.8, 4) is 0 Å². The predicted molar refractivity (Wildman–Crippen MR) is 70.4 cm³/mol. The Hall–Kier alpha value is -1.43. The highest BCUT2D eigenvalue weighted by Crippen LogP contribution is 2.55. The van der Waals surface area contributed by atoms with Gasteiger partial charge >= 0.3 is 0 Å². The van der Waals surface area contributed by atoms with Gasteiger partial charge in [0.25, 0.3) is 0 Å². The van der Waals surface area contributed by atoms with Crippen LogP contribution in [0.1, 0.15) is 33.6 Å². The van der Waals surface area contributed by atoms with Gasteiger partial charge in [0, 0.05) is 28.9 Å². The summed E-state index contributed by atoms with van der Waals surface area (Å²) >= 11 is 1.34. The molecule has 6 heteroatoms. The molecule has 1 heterocycles. The average molecular weight is 281 g/mol. The normalized spacial score (nSPS) is 29.1. The van der Waals surface area contributed by atoms with Gasteiger partial charge in [0.2, 0.25) is 5.91 Å². The Balaban J connectivity index is 2.18. The molecule has 1 saturated carbocycles. The van der Waals surface area contributed by atoms with Crippen molar-refractivity contribution in [2.24, 2.45) is 16.7 Å². The maximum absolute atomic E-state index is 12.3. The number of rotatable bonds is 3. The van der Waals surface area contributed by atoms with Crippen LogP contribution in [0.25, 0.3) is 0 Å². The molecule has 1 aliphatic rings. The maximum Gasteiger partial charge on any atom is 0.229 e. The molecule has 1 amide bonds. The van der Waals surface area contributed by atoms with Crippen LogP contribution in [0.2, 0.25) is 0 Å². The van der Waals surface area contributed by atoms with Crippen LogP contribution in [0.4, 0.5) is 5.13 Å². The predicted octanol–water partition coefficient (Wildman–Crippen LogP) is 1.27. The lowest BCUT2D eigenvalue weighted by atomic mass is 9.65. The van der Waals surface area contributed by atoms with Crippen molar-refractivity contribution in [3.05, 3.63) is 11.6 Å². The van der Waals surface area contributed by atoms with Crippen molar-refractivity contribution < 1.29 is 14.7 Å². The molecule has 0 aliphatic heterocycles. The zero-order valence-corrected chi connectivity index (χ0v) is 12.0. The number of nitrogens with zero attached hydrogens (tertiary/aromatic N) is 1. The molecule has 1 aliphatic carbocycles. The molecule has 1 fully saturated rings. The summed E-state index contributed by atoms with van der Waals surface area (Å²) in [6.07, 6.45) is 2.62. The molecule has 1 N–H and O–H groups in total. The first-order chi connectivity index (χ1) is 8.79. The number of aliphatic carboxylic acids is 1. The summed E-state index contributed by atoms with van der Waals surface area (Å²) in [6, 6.07) is 0. The van der Waals surface area contributed by atoms with E-state index in [1.165, 1.54) is 11.3 Å². The molecule has 0 bridgehead atoms. The summed E-state index contributed by atoms with van der Waals surface area (Å²) in [5.41, 5.74) is -1.62. The summed E-state index contributed by atoms with van der Waals surface area (Å²) in [4.78, 5) is 27.7. The Kier molecular flexibility index (Phi) is 3.38. The van der Waals surface area contributed by atoms with Gasteiger partial charge in [-0.15, -0.1) is 11.3 Å². The van der Waals surface area contributed by atoms with Gasteiger partial charge in [-0.05, 0) is 18.3 Å². The number of hydrogen-bond acceptors (Lipinski definition) is 5. The van der Waals surface area contributed by atoms with Crippen LogP contribution >= 0.6 is 11.3 Å². The van der Waals surface area contributed by atoms with Crippen LogP contribution in [0.3, 0.4) is 0 Å². The summed E-state index contributed by atoms with van der Waals surface area (Å²) in [5.74, 6) is -1.59. The highest BCUT2D eigenvalue weighted by molar-refractivity contribution is 7.13. The van der Waals surface area contributed by atoms with Gasteiger partial charge < -0.3 is 15.2 Å². The first-order valence-electron chi connectivity index (χ1n) is 6.21. The van der Waals surface area contributed by atoms with E-state index < -0.39 is 16.8 Å². The Bertz CT molecular complexity index is 498. The van der Waals surface area contributed by atoms with Crippen LogP contribution < -0.4 is 10.4 Å². The van der Waals surface area contributed by atoms with Gasteiger partial charge in [-0.2, -0.15) is 0 Å². The van der Waals surface area contributed by atoms with Crippen LogP contribution in [0.5, 0.6) is 0 Å². The van der Waals surface area contributed by atoms with Gasteiger partial charge in [0.1, 0.15) is 0 Å². The molecule has 0 aromatic carbocycles. The van der Waals surface area contributed by atoms with Crippen LogP contribution in [0.15, 0.2) is 11.6 Å². The molecular weight excluding hydrogens is 264 g/mol. The Labute approximate surface area is 116 Å². The van der Waals surface area contributed by atoms with E-state index >= 15 is 0 Å². The summed E-state index contributed by atoms with van der Waals surface area (Å²) in [5, 5.41) is 16.4. The molecule has 0 unspecified atom stereocenters. The molecule has 1 aromatic rings. The molecule has 1 aromatic heterocycles. The van der Waals surface area contributed by atoms with Crippen LogP contribution in [-0.2, 0) is 9.59 Å². The minimum atomic E-state index is -1.08. The maximum atomic E-state index is 12.3. The second-order valence-corrected chi connectivity index (χ2v) is 6.65. The number of anilines is 1. The van der Waals surface area contributed by atoms with E-state index in [4.69, 9.17) is 0 Å². The molecule has 0 spiro atoms. The van der Waals surface area contributed by atoms with Gasteiger partial charge in [0.05, 0.1) is 0 Å². The van der Waals surface area contributed by atoms with Gasteiger partial charge in [-0.25, -0.2) is 4.98 Å². The lowest BCUT2D eigenvalue weighted by molar-refractivity contribution is -0.323. The molecule has 0 radical (unpaired) electrons. The van der Waals surface area contributed by atoms with Gasteiger partial charge in [0.15, 0.2) is 5.13 Å². The number of carboxylic acids is 1. The van der Waals surface area contributed by atoms with Gasteiger partial charge in [-0.3, -0.25) is 4.79 Å². The number of aromatic nitrogens is 1. The fourth-order valence-corrected chi connectivity index (χ4v) is 3.33. The highest BCUT2D eigenvalue weighted by Gasteiger charge is 2.54. The largest absolute Gasteiger partial charge is 0.550 e. The number of hydrogen-bond donors (Lipinski definition) is 1. The van der Waals surface area contributed by atoms with E-state index in [-0.39, 0.29) is 11.8 Å². The quantitative estimate of drug-likeness (QED) is 0.904. The minimum Gasteiger partial charge on any atom is -0.550 e. The third kappa shape index (κ3) is 2.14. The molecule has 5 nitrogen and oxygen atoms in total. The smallest absolute Gasteiger partial charge is 0.229 e. The van der Waals surface area contributed by atoms with Gasteiger partial charge in [-0.1, -0.05) is 20.8 Å². The SMILES string of the molecule is CC1(C)[C@@H](C(=O)Nc2nccs2)CC[C@@]1(C)C(=O)[O-]. The van der Waals surface area contributed by atoms with E-state index in [0.29, 0.717) is 18.0 Å². The second kappa shape index (κ2) is 4.59. The first-order valence-corrected chi connectivity index (χ1v) is 7.09. The third-order valence-corrected chi connectivity index (χ3v) is 5.34. The monoisotopic (exact) mass is 281 g/mol. The van der Waals surface area contributed by atoms with Crippen LogP contribution in [0, 0.1) is 16.7 Å². The number of carbonyl (C=O) groups excluding carboxylic acids is 2. The van der Waals surface area contributed by atoms with E-state index in [1.54, 1.807) is 18.5 Å². The topological polar surface area (TPSA) is 82.1 Å². The summed E-state index contributed by atoms with van der Waals surface area (Å²) < 4.78 is 0. The first kappa shape index (κ1) is 14.0. The molecule has 2 rings (SSSR count). The minimum absolute atomic E-state index is 0.162. The standard InChI is InChI=1S/C13H18N2O3S/c1-12(2)8(4-5-13(12,3)10(17)18)9(16)15-11-14-6-7-19-11/h6-8H,4-5H2,1-3H3,(H,17,18)(H,14,15,16)/p-1/t8-,13+/m1/s1. The Morgan fingerprint density at radius 2 is 2.16 bits per heavy atom. The van der Waals surface area contributed by atoms with Crippen LogP contribution in [-0.4, -0.2) is 16.9 Å². The number of amides is 1. The Morgan fingerprint density at radius 1 is 1.47 bits per heavy atom. The third-order valence-electron chi connectivity index (χ3n) is 4.66. The van der Waals surface area contributed by atoms with Crippen molar-refractivity contribution in [1.82, 2.24) is 4.98 Å². The molecule has 0 saturated heterocycles. The number of nitrogens with one attached hydrogen (secondary N) is 1. The zero-order valence-electron chi connectivity index (χ0n) is 11.2. The Morgan fingerprint density at radius 3 is 2.63 bits per heavy atom. The fourth-order valence-electron chi connectivity index (χ4n) is 2.80. The molecule has 19 heavy (non-hydrogen) atoms. The molecule has 2 atom stereocenters. The number of thiazole rings is 1. The van der Waals surface area contributed by atoms with E-state index in [2.05, 4.69) is 10.3 Å². The second-order valence-electron chi connectivity index (χ2n) is 5.76. The number of carbonyl (C=O) groups is 2. The summed E-state index contributed by atoms with van der Waals surface area (Å²) in [6.45, 7) is 5.31. The summed E-state index contributed by atoms with van der Waals surface area (Å²) in [7, 11) is 0. The van der Waals surface area contributed by atoms with Crippen molar-refractivity contribution in [2.45, 2.75) is 33.6 Å². The van der Waals surface area contributed by atoms with E-state index in [0.717, 1.165) is 0 Å². The lowest BCUT2D eigenvalue weighted by Gasteiger charge is -2.41. The molecular formula is C13H17N2O3S-. The number of carboxylic acid groups (broad SMARTS) is 1. The zero-order chi connectivity index (χ0) is 14.3. The van der Waals surface area contributed by atoms with E-state index in [1.807, 2.05) is 13.8 Å². The highest BCUT2D eigenvalue weighted by atomic mass is 32.1. The molecule has 104 valence electrons. The van der Waals surface area contributed by atoms with Crippen molar-refractivity contribution >= 4 is 28.3 Å².